The Morgan fingerprint density at radius 1 is 1.47 bits per heavy atom. The highest BCUT2D eigenvalue weighted by Gasteiger charge is 2.16. The van der Waals surface area contributed by atoms with Gasteiger partial charge in [0.05, 0.1) is 4.16 Å². The van der Waals surface area contributed by atoms with Crippen LogP contribution in [0.5, 0.6) is 0 Å². The number of carboxylic acids is 1. The quantitative estimate of drug-likeness (QED) is 0.614. The number of thioether (sulfide) groups is 1. The number of carbonyl (C=O) groups is 1. The highest BCUT2D eigenvalue weighted by atomic mass is 79.9. The van der Waals surface area contributed by atoms with Gasteiger partial charge in [-0.1, -0.05) is 48.0 Å². The molecule has 1 unspecified atom stereocenters. The van der Waals surface area contributed by atoms with Crippen LogP contribution in [0.4, 0.5) is 0 Å². The van der Waals surface area contributed by atoms with Gasteiger partial charge in [-0.3, -0.25) is 0 Å². The molecule has 0 radical (unpaired) electrons. The van der Waals surface area contributed by atoms with E-state index in [0.29, 0.717) is 4.16 Å². The van der Waals surface area contributed by atoms with Crippen molar-refractivity contribution in [3.63, 3.8) is 0 Å². The number of carboxylic acid groups (broad SMARTS) is 1. The predicted molar refractivity (Wildman–Crippen MR) is 68.3 cm³/mol. The van der Waals surface area contributed by atoms with Crippen LogP contribution in [0.3, 0.4) is 0 Å². The standard InChI is InChI=1S/C11H17BrO2S/c12-10(15-7-6-11(13)14)8-9-4-2-1-3-5-9/h6-7,9-10H,1-5,8H2,(H,13,14). The summed E-state index contributed by atoms with van der Waals surface area (Å²) < 4.78 is 0.358. The first-order chi connectivity index (χ1) is 7.18. The Labute approximate surface area is 104 Å². The summed E-state index contributed by atoms with van der Waals surface area (Å²) in [6.45, 7) is 0. The molecule has 0 amide bonds. The van der Waals surface area contributed by atoms with Crippen LogP contribution in [0.1, 0.15) is 38.5 Å². The molecule has 0 heterocycles. The first-order valence-corrected chi connectivity index (χ1v) is 7.23. The third-order valence-electron chi connectivity index (χ3n) is 2.68. The van der Waals surface area contributed by atoms with Gasteiger partial charge in [0.25, 0.3) is 0 Å². The van der Waals surface area contributed by atoms with E-state index in [-0.39, 0.29) is 0 Å². The molecule has 1 rings (SSSR count). The van der Waals surface area contributed by atoms with Crippen molar-refractivity contribution in [3.05, 3.63) is 11.5 Å². The van der Waals surface area contributed by atoms with Crippen molar-refractivity contribution < 1.29 is 9.90 Å². The van der Waals surface area contributed by atoms with Crippen LogP contribution >= 0.6 is 27.7 Å². The monoisotopic (exact) mass is 292 g/mol. The molecule has 0 aliphatic heterocycles. The van der Waals surface area contributed by atoms with Gasteiger partial charge in [0.1, 0.15) is 0 Å². The molecule has 0 bridgehead atoms. The number of hydrogen-bond donors (Lipinski definition) is 1. The van der Waals surface area contributed by atoms with Gasteiger partial charge in [-0.25, -0.2) is 4.79 Å². The molecule has 0 aromatic carbocycles. The third kappa shape index (κ3) is 6.25. The average Bonchev–Trinajstić information content (AvgIpc) is 2.18. The Balaban J connectivity index is 2.16. The molecule has 1 saturated carbocycles. The molecule has 86 valence electrons. The number of hydrogen-bond acceptors (Lipinski definition) is 2. The minimum atomic E-state index is -0.875. The van der Waals surface area contributed by atoms with E-state index in [0.717, 1.165) is 12.3 Å². The molecule has 1 aliphatic rings. The normalized spacial score (nSPS) is 20.6. The summed E-state index contributed by atoms with van der Waals surface area (Å²) in [4.78, 5) is 10.3. The van der Waals surface area contributed by atoms with Crippen LogP contribution in [0.15, 0.2) is 11.5 Å². The van der Waals surface area contributed by atoms with Crippen molar-refractivity contribution in [2.24, 2.45) is 5.92 Å². The zero-order valence-corrected chi connectivity index (χ0v) is 11.1. The highest BCUT2D eigenvalue weighted by Crippen LogP contribution is 2.33. The average molecular weight is 293 g/mol. The van der Waals surface area contributed by atoms with Gasteiger partial charge in [-0.05, 0) is 17.7 Å². The maximum absolute atomic E-state index is 10.3. The molecular formula is C11H17BrO2S. The van der Waals surface area contributed by atoms with Crippen molar-refractivity contribution in [1.29, 1.82) is 0 Å². The predicted octanol–water partition coefficient (Wildman–Crippen LogP) is 4.01. The molecule has 0 aromatic heterocycles. The van der Waals surface area contributed by atoms with Gasteiger partial charge >= 0.3 is 5.97 Å². The number of alkyl halides is 1. The smallest absolute Gasteiger partial charge is 0.328 e. The fourth-order valence-corrected chi connectivity index (χ4v) is 3.57. The molecule has 2 nitrogen and oxygen atoms in total. The summed E-state index contributed by atoms with van der Waals surface area (Å²) in [6, 6.07) is 0. The lowest BCUT2D eigenvalue weighted by molar-refractivity contribution is -0.131. The maximum Gasteiger partial charge on any atom is 0.328 e. The van der Waals surface area contributed by atoms with Gasteiger partial charge in [0, 0.05) is 6.08 Å². The molecular weight excluding hydrogens is 276 g/mol. The van der Waals surface area contributed by atoms with Crippen molar-refractivity contribution in [2.75, 3.05) is 0 Å². The second-order valence-corrected chi connectivity index (χ2v) is 6.75. The van der Waals surface area contributed by atoms with Gasteiger partial charge in [0.15, 0.2) is 0 Å². The Hall–Kier alpha value is 0.0400. The van der Waals surface area contributed by atoms with E-state index < -0.39 is 5.97 Å². The highest BCUT2D eigenvalue weighted by molar-refractivity contribution is 9.11. The summed E-state index contributed by atoms with van der Waals surface area (Å²) in [5, 5.41) is 10.1. The van der Waals surface area contributed by atoms with Crippen molar-refractivity contribution >= 4 is 33.7 Å². The van der Waals surface area contributed by atoms with E-state index in [9.17, 15) is 4.79 Å². The largest absolute Gasteiger partial charge is 0.478 e. The lowest BCUT2D eigenvalue weighted by Crippen LogP contribution is -2.09. The molecule has 1 aliphatic carbocycles. The zero-order chi connectivity index (χ0) is 11.1. The SMILES string of the molecule is O=C(O)C=CSC(Br)CC1CCCCC1. The second kappa shape index (κ2) is 7.34. The Morgan fingerprint density at radius 3 is 2.73 bits per heavy atom. The Morgan fingerprint density at radius 2 is 2.13 bits per heavy atom. The fourth-order valence-electron chi connectivity index (χ4n) is 1.92. The molecule has 1 N–H and O–H groups in total. The second-order valence-electron chi connectivity index (χ2n) is 3.93. The summed E-state index contributed by atoms with van der Waals surface area (Å²) >= 11 is 5.14. The summed E-state index contributed by atoms with van der Waals surface area (Å²) in [6.07, 6.45) is 9.13. The van der Waals surface area contributed by atoms with E-state index in [1.165, 1.54) is 38.2 Å². The Bertz CT molecular complexity index is 225. The molecule has 1 atom stereocenters. The van der Waals surface area contributed by atoms with Crippen LogP contribution in [-0.4, -0.2) is 15.2 Å². The van der Waals surface area contributed by atoms with Gasteiger partial charge in [0.2, 0.25) is 0 Å². The molecule has 0 aromatic rings. The van der Waals surface area contributed by atoms with Crippen LogP contribution in [0.2, 0.25) is 0 Å². The first kappa shape index (κ1) is 13.1. The molecule has 0 saturated heterocycles. The van der Waals surface area contributed by atoms with E-state index >= 15 is 0 Å². The van der Waals surface area contributed by atoms with E-state index in [1.807, 2.05) is 0 Å². The minimum Gasteiger partial charge on any atom is -0.478 e. The van der Waals surface area contributed by atoms with Crippen molar-refractivity contribution in [1.82, 2.24) is 0 Å². The number of aliphatic carboxylic acids is 1. The lowest BCUT2D eigenvalue weighted by Gasteiger charge is -2.23. The van der Waals surface area contributed by atoms with Gasteiger partial charge in [-0.15, -0.1) is 11.8 Å². The van der Waals surface area contributed by atoms with Crippen LogP contribution in [0.25, 0.3) is 0 Å². The van der Waals surface area contributed by atoms with Crippen molar-refractivity contribution in [3.8, 4) is 0 Å². The minimum absolute atomic E-state index is 0.358. The van der Waals surface area contributed by atoms with E-state index in [4.69, 9.17) is 5.11 Å². The summed E-state index contributed by atoms with van der Waals surface area (Å²) in [7, 11) is 0. The Kier molecular flexibility index (Phi) is 6.41. The van der Waals surface area contributed by atoms with Crippen molar-refractivity contribution in [2.45, 2.75) is 42.7 Å². The van der Waals surface area contributed by atoms with E-state index in [1.54, 1.807) is 17.2 Å². The van der Waals surface area contributed by atoms with Gasteiger partial charge in [-0.2, -0.15) is 0 Å². The van der Waals surface area contributed by atoms with Gasteiger partial charge < -0.3 is 5.11 Å². The van der Waals surface area contributed by atoms with Crippen LogP contribution < -0.4 is 0 Å². The molecule has 4 heteroatoms. The first-order valence-electron chi connectivity index (χ1n) is 5.37. The molecule has 1 fully saturated rings. The lowest BCUT2D eigenvalue weighted by atomic mass is 9.88. The summed E-state index contributed by atoms with van der Waals surface area (Å²) in [5.41, 5.74) is 0. The number of rotatable bonds is 5. The van der Waals surface area contributed by atoms with Crippen LogP contribution in [0, 0.1) is 5.92 Å². The topological polar surface area (TPSA) is 37.3 Å². The molecule has 15 heavy (non-hydrogen) atoms. The fraction of sp³-hybridized carbons (Fsp3) is 0.727. The number of halogens is 1. The third-order valence-corrected chi connectivity index (χ3v) is 4.48. The zero-order valence-electron chi connectivity index (χ0n) is 8.69. The summed E-state index contributed by atoms with van der Waals surface area (Å²) in [5.74, 6) is -0.0475. The van der Waals surface area contributed by atoms with E-state index in [2.05, 4.69) is 15.9 Å². The van der Waals surface area contributed by atoms with Crippen LogP contribution in [-0.2, 0) is 4.79 Å². The molecule has 0 spiro atoms. The maximum atomic E-state index is 10.3.